The Morgan fingerprint density at radius 2 is 2.14 bits per heavy atom. The summed E-state index contributed by atoms with van der Waals surface area (Å²) in [5, 5.41) is 0.824. The lowest BCUT2D eigenvalue weighted by atomic mass is 10.4. The van der Waals surface area contributed by atoms with Crippen LogP contribution in [0.25, 0.3) is 0 Å². The Bertz CT molecular complexity index is 270. The Hall–Kier alpha value is -0.810. The quantitative estimate of drug-likeness (QED) is 0.574. The molecule has 0 spiro atoms. The van der Waals surface area contributed by atoms with Gasteiger partial charge in [0.05, 0.1) is 0 Å². The van der Waals surface area contributed by atoms with Crippen molar-refractivity contribution in [1.82, 2.24) is 9.97 Å². The van der Waals surface area contributed by atoms with E-state index in [0.29, 0.717) is 5.82 Å². The molecule has 14 heavy (non-hydrogen) atoms. The predicted octanol–water partition coefficient (Wildman–Crippen LogP) is 1.58. The second-order valence-corrected chi connectivity index (χ2v) is 3.88. The van der Waals surface area contributed by atoms with Gasteiger partial charge in [-0.3, -0.25) is 0 Å². The van der Waals surface area contributed by atoms with Crippen LogP contribution >= 0.6 is 11.8 Å². The molecular weight excluding hydrogens is 198 g/mol. The number of aromatic nitrogens is 2. The molecule has 5 heteroatoms. The minimum atomic E-state index is 0.518. The number of nitrogen functional groups attached to an aromatic ring is 1. The van der Waals surface area contributed by atoms with Gasteiger partial charge in [0.2, 0.25) is 0 Å². The summed E-state index contributed by atoms with van der Waals surface area (Å²) < 4.78 is 4.96. The van der Waals surface area contributed by atoms with Crippen molar-refractivity contribution < 1.29 is 4.74 Å². The molecule has 0 bridgehead atoms. The zero-order chi connectivity index (χ0) is 10.2. The molecule has 0 saturated heterocycles. The SMILES string of the molecule is COCCCCSc1nccnc1N. The van der Waals surface area contributed by atoms with Crippen LogP contribution in [0, 0.1) is 0 Å². The largest absolute Gasteiger partial charge is 0.385 e. The molecule has 1 aromatic rings. The van der Waals surface area contributed by atoms with Crippen LogP contribution < -0.4 is 5.73 Å². The van der Waals surface area contributed by atoms with Gasteiger partial charge < -0.3 is 10.5 Å². The molecule has 0 aliphatic carbocycles. The lowest BCUT2D eigenvalue weighted by Gasteiger charge is -2.02. The van der Waals surface area contributed by atoms with E-state index in [0.717, 1.165) is 30.2 Å². The first-order valence-electron chi connectivity index (χ1n) is 4.53. The minimum absolute atomic E-state index is 0.518. The maximum Gasteiger partial charge on any atom is 0.156 e. The van der Waals surface area contributed by atoms with Gasteiger partial charge in [-0.2, -0.15) is 0 Å². The fourth-order valence-corrected chi connectivity index (χ4v) is 1.84. The van der Waals surface area contributed by atoms with Crippen molar-refractivity contribution in [2.45, 2.75) is 17.9 Å². The summed E-state index contributed by atoms with van der Waals surface area (Å²) >= 11 is 1.64. The third-order valence-electron chi connectivity index (χ3n) is 1.67. The molecule has 4 nitrogen and oxygen atoms in total. The number of anilines is 1. The Morgan fingerprint density at radius 3 is 2.86 bits per heavy atom. The summed E-state index contributed by atoms with van der Waals surface area (Å²) in [6.07, 6.45) is 5.44. The van der Waals surface area contributed by atoms with Crippen LogP contribution in [-0.4, -0.2) is 29.4 Å². The van der Waals surface area contributed by atoms with E-state index in [1.54, 1.807) is 31.3 Å². The van der Waals surface area contributed by atoms with E-state index >= 15 is 0 Å². The number of hydrogen-bond acceptors (Lipinski definition) is 5. The number of ether oxygens (including phenoxy) is 1. The van der Waals surface area contributed by atoms with Crippen molar-refractivity contribution in [3.63, 3.8) is 0 Å². The van der Waals surface area contributed by atoms with E-state index < -0.39 is 0 Å². The minimum Gasteiger partial charge on any atom is -0.385 e. The van der Waals surface area contributed by atoms with Crippen molar-refractivity contribution in [3.05, 3.63) is 12.4 Å². The van der Waals surface area contributed by atoms with Gasteiger partial charge in [-0.1, -0.05) is 0 Å². The molecule has 2 N–H and O–H groups in total. The van der Waals surface area contributed by atoms with Crippen LogP contribution in [0.1, 0.15) is 12.8 Å². The summed E-state index contributed by atoms with van der Waals surface area (Å²) in [5.74, 6) is 1.52. The van der Waals surface area contributed by atoms with Crippen LogP contribution in [0.3, 0.4) is 0 Å². The number of hydrogen-bond donors (Lipinski definition) is 1. The molecule has 0 radical (unpaired) electrons. The van der Waals surface area contributed by atoms with Gasteiger partial charge in [0.25, 0.3) is 0 Å². The molecule has 0 aliphatic heterocycles. The van der Waals surface area contributed by atoms with Gasteiger partial charge in [0.15, 0.2) is 5.82 Å². The molecule has 1 rings (SSSR count). The van der Waals surface area contributed by atoms with Crippen molar-refractivity contribution in [2.24, 2.45) is 0 Å². The fraction of sp³-hybridized carbons (Fsp3) is 0.556. The van der Waals surface area contributed by atoms with Crippen LogP contribution in [0.2, 0.25) is 0 Å². The van der Waals surface area contributed by atoms with Crippen molar-refractivity contribution in [2.75, 3.05) is 25.2 Å². The molecule has 0 saturated carbocycles. The number of rotatable bonds is 6. The van der Waals surface area contributed by atoms with Crippen LogP contribution in [-0.2, 0) is 4.74 Å². The summed E-state index contributed by atoms with van der Waals surface area (Å²) in [7, 11) is 1.72. The second-order valence-electron chi connectivity index (χ2n) is 2.80. The number of thioether (sulfide) groups is 1. The van der Waals surface area contributed by atoms with E-state index in [-0.39, 0.29) is 0 Å². The molecular formula is C9H15N3OS. The lowest BCUT2D eigenvalue weighted by molar-refractivity contribution is 0.194. The van der Waals surface area contributed by atoms with E-state index in [1.165, 1.54) is 0 Å². The predicted molar refractivity (Wildman–Crippen MR) is 58.3 cm³/mol. The first kappa shape index (κ1) is 11.3. The number of nitrogens with two attached hydrogens (primary N) is 1. The molecule has 0 atom stereocenters. The highest BCUT2D eigenvalue weighted by molar-refractivity contribution is 7.99. The summed E-state index contributed by atoms with van der Waals surface area (Å²) in [4.78, 5) is 8.10. The average Bonchev–Trinajstić information content (AvgIpc) is 2.20. The third-order valence-corrected chi connectivity index (χ3v) is 2.75. The van der Waals surface area contributed by atoms with Gasteiger partial charge in [-0.15, -0.1) is 11.8 Å². The average molecular weight is 213 g/mol. The Balaban J connectivity index is 2.21. The topological polar surface area (TPSA) is 61.0 Å². The fourth-order valence-electron chi connectivity index (χ4n) is 0.965. The molecule has 0 aromatic carbocycles. The Kier molecular flexibility index (Phi) is 5.32. The van der Waals surface area contributed by atoms with Crippen molar-refractivity contribution >= 4 is 17.6 Å². The Morgan fingerprint density at radius 1 is 1.36 bits per heavy atom. The van der Waals surface area contributed by atoms with E-state index in [4.69, 9.17) is 10.5 Å². The first-order chi connectivity index (χ1) is 6.84. The normalized spacial score (nSPS) is 10.4. The third kappa shape index (κ3) is 3.93. The lowest BCUT2D eigenvalue weighted by Crippen LogP contribution is -1.96. The highest BCUT2D eigenvalue weighted by Gasteiger charge is 2.00. The van der Waals surface area contributed by atoms with Crippen molar-refractivity contribution in [1.29, 1.82) is 0 Å². The highest BCUT2D eigenvalue weighted by atomic mass is 32.2. The smallest absolute Gasteiger partial charge is 0.156 e. The Labute approximate surface area is 88.3 Å². The zero-order valence-electron chi connectivity index (χ0n) is 8.27. The summed E-state index contributed by atoms with van der Waals surface area (Å²) in [5.41, 5.74) is 5.64. The summed E-state index contributed by atoms with van der Waals surface area (Å²) in [6, 6.07) is 0. The number of unbranched alkanes of at least 4 members (excludes halogenated alkanes) is 1. The molecule has 0 unspecified atom stereocenters. The zero-order valence-corrected chi connectivity index (χ0v) is 9.09. The number of nitrogens with zero attached hydrogens (tertiary/aromatic N) is 2. The van der Waals surface area contributed by atoms with Gasteiger partial charge in [0, 0.05) is 26.1 Å². The number of methoxy groups -OCH3 is 1. The molecule has 1 heterocycles. The monoisotopic (exact) mass is 213 g/mol. The van der Waals surface area contributed by atoms with Crippen LogP contribution in [0.4, 0.5) is 5.82 Å². The molecule has 1 aromatic heterocycles. The van der Waals surface area contributed by atoms with Crippen molar-refractivity contribution in [3.8, 4) is 0 Å². The van der Waals surface area contributed by atoms with Gasteiger partial charge in [-0.05, 0) is 18.6 Å². The molecule has 78 valence electrons. The first-order valence-corrected chi connectivity index (χ1v) is 5.51. The van der Waals surface area contributed by atoms with Gasteiger partial charge in [-0.25, -0.2) is 9.97 Å². The van der Waals surface area contributed by atoms with Crippen LogP contribution in [0.15, 0.2) is 17.4 Å². The molecule has 0 fully saturated rings. The van der Waals surface area contributed by atoms with E-state index in [9.17, 15) is 0 Å². The van der Waals surface area contributed by atoms with Gasteiger partial charge >= 0.3 is 0 Å². The highest BCUT2D eigenvalue weighted by Crippen LogP contribution is 2.20. The van der Waals surface area contributed by atoms with Crippen LogP contribution in [0.5, 0.6) is 0 Å². The molecule has 0 aliphatic rings. The molecule has 0 amide bonds. The maximum atomic E-state index is 5.64. The second kappa shape index (κ2) is 6.62. The van der Waals surface area contributed by atoms with Gasteiger partial charge in [0.1, 0.15) is 5.03 Å². The standard InChI is InChI=1S/C9H15N3OS/c1-13-6-2-3-7-14-9-8(10)11-4-5-12-9/h4-5H,2-3,6-7H2,1H3,(H2,10,11). The summed E-state index contributed by atoms with van der Waals surface area (Å²) in [6.45, 7) is 0.816. The van der Waals surface area contributed by atoms with E-state index in [1.807, 2.05) is 0 Å². The van der Waals surface area contributed by atoms with E-state index in [2.05, 4.69) is 9.97 Å². The maximum absolute atomic E-state index is 5.64.